The average molecular weight is 345 g/mol. The molecule has 7 heteroatoms. The second-order valence-corrected chi connectivity index (χ2v) is 5.65. The van der Waals surface area contributed by atoms with E-state index in [0.29, 0.717) is 5.56 Å². The number of fused-ring (bicyclic) bond motifs is 1. The van der Waals surface area contributed by atoms with Crippen LogP contribution in [0.5, 0.6) is 0 Å². The molecular weight excluding hydrogens is 332 g/mol. The van der Waals surface area contributed by atoms with E-state index in [1.165, 1.54) is 36.4 Å². The largest absolute Gasteiger partial charge is 0.377 e. The van der Waals surface area contributed by atoms with Crippen molar-refractivity contribution >= 4 is 17.5 Å². The Morgan fingerprint density at radius 2 is 1.76 bits per heavy atom. The molecule has 2 aromatic rings. The molecule has 0 aromatic heterocycles. The van der Waals surface area contributed by atoms with E-state index in [4.69, 9.17) is 0 Å². The normalized spacial score (nSPS) is 19.5. The maximum Gasteiger partial charge on any atom is 0.235 e. The number of carbonyl (C=O) groups excluding carboxylic acids is 3. The summed E-state index contributed by atoms with van der Waals surface area (Å²) in [6.45, 7) is 0.0115. The lowest BCUT2D eigenvalue weighted by atomic mass is 9.78. The molecular formula is C18H13F2NO4. The molecule has 0 heterocycles. The highest BCUT2D eigenvalue weighted by Crippen LogP contribution is 2.31. The summed E-state index contributed by atoms with van der Waals surface area (Å²) in [5, 5.41) is 12.3. The number of halogens is 2. The van der Waals surface area contributed by atoms with E-state index < -0.39 is 46.7 Å². The van der Waals surface area contributed by atoms with Gasteiger partial charge >= 0.3 is 0 Å². The molecule has 0 spiro atoms. The van der Waals surface area contributed by atoms with Crippen molar-refractivity contribution in [1.29, 1.82) is 0 Å². The Balaban J connectivity index is 1.87. The third-order valence-corrected chi connectivity index (χ3v) is 4.05. The Bertz CT molecular complexity index is 864. The molecule has 25 heavy (non-hydrogen) atoms. The maximum absolute atomic E-state index is 13.9. The van der Waals surface area contributed by atoms with E-state index in [1.54, 1.807) is 0 Å². The van der Waals surface area contributed by atoms with Crippen LogP contribution in [0.15, 0.2) is 42.5 Å². The summed E-state index contributed by atoms with van der Waals surface area (Å²) in [7, 11) is 0. The Morgan fingerprint density at radius 1 is 1.08 bits per heavy atom. The third kappa shape index (κ3) is 3.06. The molecule has 2 unspecified atom stereocenters. The number of hydrogen-bond donors (Lipinski definition) is 2. The number of nitrogens with one attached hydrogen (secondary N) is 1. The first-order valence-corrected chi connectivity index (χ1v) is 7.46. The minimum absolute atomic E-state index is 0.0115. The fraction of sp³-hybridized carbons (Fsp3) is 0.167. The number of rotatable bonds is 3. The summed E-state index contributed by atoms with van der Waals surface area (Å²) in [4.78, 5) is 36.6. The van der Waals surface area contributed by atoms with E-state index >= 15 is 0 Å². The molecule has 1 amide bonds. The van der Waals surface area contributed by atoms with Gasteiger partial charge in [-0.05, 0) is 29.3 Å². The first-order chi connectivity index (χ1) is 11.9. The molecule has 0 saturated carbocycles. The van der Waals surface area contributed by atoms with Crippen LogP contribution in [0.25, 0.3) is 0 Å². The van der Waals surface area contributed by atoms with Crippen molar-refractivity contribution < 1.29 is 28.3 Å². The van der Waals surface area contributed by atoms with Crippen LogP contribution in [-0.2, 0) is 16.1 Å². The van der Waals surface area contributed by atoms with Gasteiger partial charge in [0.1, 0.15) is 17.6 Å². The smallest absolute Gasteiger partial charge is 0.235 e. The number of aliphatic hydroxyl groups is 1. The van der Waals surface area contributed by atoms with Gasteiger partial charge in [0.05, 0.1) is 5.56 Å². The molecule has 2 aromatic carbocycles. The van der Waals surface area contributed by atoms with Crippen molar-refractivity contribution in [1.82, 2.24) is 5.32 Å². The van der Waals surface area contributed by atoms with Gasteiger partial charge in [0.2, 0.25) is 11.7 Å². The molecule has 0 aliphatic heterocycles. The van der Waals surface area contributed by atoms with Crippen molar-refractivity contribution in [2.45, 2.75) is 18.6 Å². The molecule has 2 N–H and O–H groups in total. The summed E-state index contributed by atoms with van der Waals surface area (Å²) in [6.07, 6.45) is -2.08. The maximum atomic E-state index is 13.9. The number of aliphatic hydroxyl groups excluding tert-OH is 1. The molecule has 1 aliphatic rings. The fourth-order valence-corrected chi connectivity index (χ4v) is 2.78. The number of ketones is 2. The molecule has 0 fully saturated rings. The highest BCUT2D eigenvalue weighted by atomic mass is 19.1. The Hall–Kier alpha value is -2.93. The average Bonchev–Trinajstić information content (AvgIpc) is 2.59. The zero-order valence-corrected chi connectivity index (χ0v) is 12.8. The highest BCUT2D eigenvalue weighted by molar-refractivity contribution is 6.24. The first-order valence-electron chi connectivity index (χ1n) is 7.46. The van der Waals surface area contributed by atoms with Crippen LogP contribution < -0.4 is 5.32 Å². The quantitative estimate of drug-likeness (QED) is 0.826. The van der Waals surface area contributed by atoms with Crippen LogP contribution in [0.4, 0.5) is 8.78 Å². The lowest BCUT2D eigenvalue weighted by molar-refractivity contribution is -0.134. The highest BCUT2D eigenvalue weighted by Gasteiger charge is 2.44. The topological polar surface area (TPSA) is 83.5 Å². The van der Waals surface area contributed by atoms with Crippen molar-refractivity contribution in [3.63, 3.8) is 0 Å². The van der Waals surface area contributed by atoms with Gasteiger partial charge in [-0.1, -0.05) is 24.3 Å². The van der Waals surface area contributed by atoms with Gasteiger partial charge < -0.3 is 10.4 Å². The number of carbonyl (C=O) groups is 3. The number of hydrogen-bond acceptors (Lipinski definition) is 4. The van der Waals surface area contributed by atoms with E-state index in [9.17, 15) is 28.3 Å². The standard InChI is InChI=1S/C18H13F2NO4/c19-10-6-4-9(5-7-10)8-21-18(25)14-11-2-1-3-12(20)13(11)15(22)17(24)16(14)23/h1-7,14,17,24H,8H2,(H,21,25). The first kappa shape index (κ1) is 16.9. The van der Waals surface area contributed by atoms with Crippen LogP contribution in [0.3, 0.4) is 0 Å². The van der Waals surface area contributed by atoms with Crippen molar-refractivity contribution in [2.24, 2.45) is 0 Å². The summed E-state index contributed by atoms with van der Waals surface area (Å²) < 4.78 is 26.8. The molecule has 0 bridgehead atoms. The van der Waals surface area contributed by atoms with Gasteiger partial charge in [-0.25, -0.2) is 8.78 Å². The van der Waals surface area contributed by atoms with E-state index in [0.717, 1.165) is 6.07 Å². The van der Waals surface area contributed by atoms with Gasteiger partial charge in [0.25, 0.3) is 0 Å². The predicted octanol–water partition coefficient (Wildman–Crippen LogP) is 1.49. The summed E-state index contributed by atoms with van der Waals surface area (Å²) in [6, 6.07) is 8.98. The molecule has 5 nitrogen and oxygen atoms in total. The second kappa shape index (κ2) is 6.52. The van der Waals surface area contributed by atoms with Crippen molar-refractivity contribution in [3.8, 4) is 0 Å². The van der Waals surface area contributed by atoms with Crippen LogP contribution in [0, 0.1) is 11.6 Å². The second-order valence-electron chi connectivity index (χ2n) is 5.65. The summed E-state index contributed by atoms with van der Waals surface area (Å²) in [5.41, 5.74) is 0.0718. The lowest BCUT2D eigenvalue weighted by Gasteiger charge is -2.26. The third-order valence-electron chi connectivity index (χ3n) is 4.05. The molecule has 128 valence electrons. The van der Waals surface area contributed by atoms with Crippen LogP contribution in [0.1, 0.15) is 27.4 Å². The molecule has 0 radical (unpaired) electrons. The summed E-state index contributed by atoms with van der Waals surface area (Å²) >= 11 is 0. The van der Waals surface area contributed by atoms with Crippen molar-refractivity contribution in [3.05, 3.63) is 70.8 Å². The van der Waals surface area contributed by atoms with Gasteiger partial charge in [0.15, 0.2) is 11.9 Å². The van der Waals surface area contributed by atoms with Gasteiger partial charge in [-0.2, -0.15) is 0 Å². The Morgan fingerprint density at radius 3 is 2.44 bits per heavy atom. The van der Waals surface area contributed by atoms with Crippen molar-refractivity contribution in [2.75, 3.05) is 0 Å². The number of amides is 1. The lowest BCUT2D eigenvalue weighted by Crippen LogP contribution is -2.46. The molecule has 3 rings (SSSR count). The fourth-order valence-electron chi connectivity index (χ4n) is 2.78. The molecule has 0 saturated heterocycles. The van der Waals surface area contributed by atoms with Crippen LogP contribution in [-0.4, -0.2) is 28.7 Å². The SMILES string of the molecule is O=C1c2c(F)cccc2C(C(=O)NCc2ccc(F)cc2)C(=O)C1O. The Kier molecular flexibility index (Phi) is 4.41. The van der Waals surface area contributed by atoms with E-state index in [1.807, 2.05) is 0 Å². The zero-order valence-electron chi connectivity index (χ0n) is 12.8. The van der Waals surface area contributed by atoms with Gasteiger partial charge in [-0.15, -0.1) is 0 Å². The van der Waals surface area contributed by atoms with Gasteiger partial charge in [0, 0.05) is 6.54 Å². The van der Waals surface area contributed by atoms with Gasteiger partial charge in [-0.3, -0.25) is 14.4 Å². The van der Waals surface area contributed by atoms with E-state index in [-0.39, 0.29) is 12.1 Å². The Labute approximate surface area is 141 Å². The van der Waals surface area contributed by atoms with Crippen LogP contribution in [0.2, 0.25) is 0 Å². The van der Waals surface area contributed by atoms with E-state index in [2.05, 4.69) is 5.32 Å². The van der Waals surface area contributed by atoms with Crippen LogP contribution >= 0.6 is 0 Å². The number of benzene rings is 2. The molecule has 2 atom stereocenters. The predicted molar refractivity (Wildman–Crippen MR) is 82.7 cm³/mol. The zero-order chi connectivity index (χ0) is 18.1. The monoisotopic (exact) mass is 345 g/mol. The minimum atomic E-state index is -2.08. The molecule has 1 aliphatic carbocycles. The minimum Gasteiger partial charge on any atom is -0.377 e. The number of Topliss-reactive ketones (excluding diaryl/α,β-unsaturated/α-hetero) is 2. The summed E-state index contributed by atoms with van der Waals surface area (Å²) in [5.74, 6) is -5.64.